The minimum absolute atomic E-state index is 0.0872. The van der Waals surface area contributed by atoms with Gasteiger partial charge in [0.1, 0.15) is 5.54 Å². The Kier molecular flexibility index (Phi) is 7.62. The Morgan fingerprint density at radius 3 is 2.34 bits per heavy atom. The Balaban J connectivity index is 2.07. The number of nitrogens with one attached hydrogen (secondary N) is 1. The molecule has 1 aliphatic rings. The molecule has 1 aromatic rings. The number of hydrogen-bond acceptors (Lipinski definition) is 5. The van der Waals surface area contributed by atoms with E-state index in [1.807, 2.05) is 0 Å². The van der Waals surface area contributed by atoms with Crippen LogP contribution in [0.3, 0.4) is 0 Å². The minimum Gasteiger partial charge on any atom is -0.465 e. The summed E-state index contributed by atoms with van der Waals surface area (Å²) in [7, 11) is 0. The second-order valence-electron chi connectivity index (χ2n) is 7.09. The first kappa shape index (κ1) is 22.7. The zero-order chi connectivity index (χ0) is 21.5. The fourth-order valence-corrected chi connectivity index (χ4v) is 3.37. The third-order valence-corrected chi connectivity index (χ3v) is 4.76. The lowest BCUT2D eigenvalue weighted by Crippen LogP contribution is -2.49. The Bertz CT molecular complexity index is 751. The number of halogens is 3. The Morgan fingerprint density at radius 1 is 1.21 bits per heavy atom. The first-order valence-electron chi connectivity index (χ1n) is 9.44. The maximum absolute atomic E-state index is 12.7. The highest BCUT2D eigenvalue weighted by Crippen LogP contribution is 2.30. The molecule has 1 fully saturated rings. The summed E-state index contributed by atoms with van der Waals surface area (Å²) in [6.07, 6.45) is -1.58. The number of ether oxygens (including phenoxy) is 1. The number of benzene rings is 1. The van der Waals surface area contributed by atoms with Gasteiger partial charge in [0, 0.05) is 6.54 Å². The molecule has 1 aliphatic carbocycles. The van der Waals surface area contributed by atoms with E-state index >= 15 is 0 Å². The smallest absolute Gasteiger partial charge is 0.416 e. The summed E-state index contributed by atoms with van der Waals surface area (Å²) in [5, 5.41) is 12.1. The van der Waals surface area contributed by atoms with Crippen LogP contribution in [-0.2, 0) is 27.0 Å². The highest BCUT2D eigenvalue weighted by molar-refractivity contribution is 5.80. The van der Waals surface area contributed by atoms with Gasteiger partial charge in [-0.05, 0) is 50.3 Å². The molecule has 0 aromatic heterocycles. The second-order valence-corrected chi connectivity index (χ2v) is 7.09. The van der Waals surface area contributed by atoms with E-state index in [-0.39, 0.29) is 26.2 Å². The summed E-state index contributed by atoms with van der Waals surface area (Å²) in [5.41, 5.74) is -1.14. The summed E-state index contributed by atoms with van der Waals surface area (Å²) >= 11 is 0. The first-order chi connectivity index (χ1) is 13.7. The Labute approximate surface area is 167 Å². The van der Waals surface area contributed by atoms with E-state index in [0.717, 1.165) is 25.0 Å². The van der Waals surface area contributed by atoms with Crippen LogP contribution < -0.4 is 5.32 Å². The maximum atomic E-state index is 12.7. The number of hydrogen-bond donors (Lipinski definition) is 1. The topological polar surface area (TPSA) is 82.4 Å². The van der Waals surface area contributed by atoms with E-state index < -0.39 is 29.2 Å². The number of nitriles is 1. The van der Waals surface area contributed by atoms with Gasteiger partial charge in [0.2, 0.25) is 5.91 Å². The van der Waals surface area contributed by atoms with Crippen LogP contribution in [-0.4, -0.2) is 42.0 Å². The van der Waals surface area contributed by atoms with E-state index in [1.54, 1.807) is 6.92 Å². The fraction of sp³-hybridized carbons (Fsp3) is 0.550. The minimum atomic E-state index is -4.43. The van der Waals surface area contributed by atoms with Crippen LogP contribution >= 0.6 is 0 Å². The third-order valence-electron chi connectivity index (χ3n) is 4.76. The van der Waals surface area contributed by atoms with Crippen molar-refractivity contribution in [2.75, 3.05) is 19.7 Å². The second kappa shape index (κ2) is 9.74. The molecule has 0 unspecified atom stereocenters. The molecule has 0 bridgehead atoms. The van der Waals surface area contributed by atoms with Gasteiger partial charge < -0.3 is 10.1 Å². The molecule has 0 heterocycles. The Hall–Kier alpha value is -2.60. The van der Waals surface area contributed by atoms with Crippen LogP contribution in [0.4, 0.5) is 13.2 Å². The zero-order valence-corrected chi connectivity index (χ0v) is 16.2. The van der Waals surface area contributed by atoms with Crippen molar-refractivity contribution in [1.82, 2.24) is 10.2 Å². The van der Waals surface area contributed by atoms with E-state index in [0.29, 0.717) is 18.4 Å². The van der Waals surface area contributed by atoms with Gasteiger partial charge in [0.15, 0.2) is 0 Å². The van der Waals surface area contributed by atoms with Gasteiger partial charge in [0.05, 0.1) is 31.3 Å². The monoisotopic (exact) mass is 411 g/mol. The predicted molar refractivity (Wildman–Crippen MR) is 98.3 cm³/mol. The largest absolute Gasteiger partial charge is 0.465 e. The number of rotatable bonds is 8. The van der Waals surface area contributed by atoms with Crippen molar-refractivity contribution in [3.8, 4) is 6.07 Å². The van der Waals surface area contributed by atoms with E-state index in [4.69, 9.17) is 4.74 Å². The molecule has 1 saturated carbocycles. The van der Waals surface area contributed by atoms with Crippen LogP contribution in [0.25, 0.3) is 0 Å². The molecule has 1 N–H and O–H groups in total. The van der Waals surface area contributed by atoms with Crippen molar-refractivity contribution >= 4 is 11.9 Å². The Morgan fingerprint density at radius 2 is 1.83 bits per heavy atom. The van der Waals surface area contributed by atoms with E-state index in [1.165, 1.54) is 17.0 Å². The van der Waals surface area contributed by atoms with Gasteiger partial charge in [-0.3, -0.25) is 14.5 Å². The van der Waals surface area contributed by atoms with Gasteiger partial charge in [-0.25, -0.2) is 0 Å². The molecule has 2 rings (SSSR count). The highest BCUT2D eigenvalue weighted by Gasteiger charge is 2.35. The molecule has 1 amide bonds. The molecule has 0 saturated heterocycles. The standard InChI is InChI=1S/C20H24F3N3O3/c1-2-29-18(28)13-26(11-15-5-7-16(8-6-15)20(21,22)23)12-17(27)25-19(14-24)9-3-4-10-19/h5-8H,2-4,9-13H2,1H3,(H,25,27). The maximum Gasteiger partial charge on any atom is 0.416 e. The van der Waals surface area contributed by atoms with Crippen molar-refractivity contribution in [3.63, 3.8) is 0 Å². The van der Waals surface area contributed by atoms with E-state index in [9.17, 15) is 28.0 Å². The quantitative estimate of drug-likeness (QED) is 0.665. The lowest BCUT2D eigenvalue weighted by Gasteiger charge is -2.26. The fourth-order valence-electron chi connectivity index (χ4n) is 3.37. The van der Waals surface area contributed by atoms with Gasteiger partial charge in [-0.1, -0.05) is 12.1 Å². The van der Waals surface area contributed by atoms with Crippen LogP contribution in [0.5, 0.6) is 0 Å². The third kappa shape index (κ3) is 6.75. The molecule has 29 heavy (non-hydrogen) atoms. The van der Waals surface area contributed by atoms with Crippen molar-refractivity contribution in [1.29, 1.82) is 5.26 Å². The summed E-state index contributed by atoms with van der Waals surface area (Å²) in [5.74, 6) is -0.951. The number of nitrogens with zero attached hydrogens (tertiary/aromatic N) is 2. The molecule has 158 valence electrons. The molecule has 0 radical (unpaired) electrons. The predicted octanol–water partition coefficient (Wildman–Crippen LogP) is 3.02. The molecule has 1 aromatic carbocycles. The highest BCUT2D eigenvalue weighted by atomic mass is 19.4. The van der Waals surface area contributed by atoms with Crippen LogP contribution in [0, 0.1) is 11.3 Å². The van der Waals surface area contributed by atoms with Crippen molar-refractivity contribution in [2.24, 2.45) is 0 Å². The lowest BCUT2D eigenvalue weighted by molar-refractivity contribution is -0.145. The molecule has 0 aliphatic heterocycles. The normalized spacial score (nSPS) is 15.7. The molecule has 0 atom stereocenters. The first-order valence-corrected chi connectivity index (χ1v) is 9.44. The molecule has 6 nitrogen and oxygen atoms in total. The number of alkyl halides is 3. The van der Waals surface area contributed by atoms with Gasteiger partial charge in [-0.2, -0.15) is 18.4 Å². The van der Waals surface area contributed by atoms with Gasteiger partial charge >= 0.3 is 12.1 Å². The SMILES string of the molecule is CCOC(=O)CN(CC(=O)NC1(C#N)CCCC1)Cc1ccc(C(F)(F)F)cc1. The molecular weight excluding hydrogens is 387 g/mol. The van der Waals surface area contributed by atoms with Crippen LogP contribution in [0.15, 0.2) is 24.3 Å². The summed E-state index contributed by atoms with van der Waals surface area (Å²) in [4.78, 5) is 25.8. The number of carbonyl (C=O) groups excluding carboxylic acids is 2. The van der Waals surface area contributed by atoms with Gasteiger partial charge in [0.25, 0.3) is 0 Å². The van der Waals surface area contributed by atoms with Crippen molar-refractivity contribution in [3.05, 3.63) is 35.4 Å². The van der Waals surface area contributed by atoms with Crippen LogP contribution in [0.2, 0.25) is 0 Å². The average molecular weight is 411 g/mol. The summed E-state index contributed by atoms with van der Waals surface area (Å²) in [6, 6.07) is 6.71. The number of esters is 1. The number of amides is 1. The van der Waals surface area contributed by atoms with Crippen LogP contribution in [0.1, 0.15) is 43.7 Å². The van der Waals surface area contributed by atoms with Crippen molar-refractivity contribution < 1.29 is 27.5 Å². The van der Waals surface area contributed by atoms with Crippen molar-refractivity contribution in [2.45, 2.75) is 50.9 Å². The lowest BCUT2D eigenvalue weighted by atomic mass is 10.00. The molecular formula is C20H24F3N3O3. The van der Waals surface area contributed by atoms with E-state index in [2.05, 4.69) is 11.4 Å². The zero-order valence-electron chi connectivity index (χ0n) is 16.2. The number of carbonyl (C=O) groups is 2. The molecule has 0 spiro atoms. The summed E-state index contributed by atoms with van der Waals surface area (Å²) in [6.45, 7) is 1.55. The van der Waals surface area contributed by atoms with Gasteiger partial charge in [-0.15, -0.1) is 0 Å². The molecule has 9 heteroatoms. The summed E-state index contributed by atoms with van der Waals surface area (Å²) < 4.78 is 43.1. The average Bonchev–Trinajstić information content (AvgIpc) is 3.10.